The van der Waals surface area contributed by atoms with Gasteiger partial charge in [-0.15, -0.1) is 0 Å². The number of amides is 2. The fraction of sp³-hybridized carbons (Fsp3) is 0.514. The van der Waals surface area contributed by atoms with Crippen LogP contribution < -0.4 is 16.4 Å². The minimum absolute atomic E-state index is 0.111. The van der Waals surface area contributed by atoms with E-state index in [2.05, 4.69) is 25.8 Å². The Morgan fingerprint density at radius 2 is 1.65 bits per heavy atom. The van der Waals surface area contributed by atoms with Gasteiger partial charge in [-0.05, 0) is 31.0 Å². The zero-order valence-electron chi connectivity index (χ0n) is 29.2. The van der Waals surface area contributed by atoms with Crippen molar-refractivity contribution in [3.05, 3.63) is 60.1 Å². The molecule has 3 aromatic heterocycles. The van der Waals surface area contributed by atoms with Gasteiger partial charge in [-0.1, -0.05) is 0 Å². The first-order chi connectivity index (χ1) is 25.5. The lowest BCUT2D eigenvalue weighted by Crippen LogP contribution is -2.51. The molecule has 4 aromatic rings. The monoisotopic (exact) mass is 722 g/mol. The number of nitrogens with zero attached hydrogens (tertiary/aromatic N) is 6. The van der Waals surface area contributed by atoms with Crippen LogP contribution in [0.4, 0.5) is 15.9 Å². The summed E-state index contributed by atoms with van der Waals surface area (Å²) in [5.74, 6) is -0.142. The van der Waals surface area contributed by atoms with E-state index in [0.717, 1.165) is 29.8 Å². The van der Waals surface area contributed by atoms with Crippen LogP contribution in [0.1, 0.15) is 34.8 Å². The normalized spacial score (nSPS) is 15.0. The molecule has 0 bridgehead atoms. The number of imidazole rings is 1. The van der Waals surface area contributed by atoms with E-state index in [0.29, 0.717) is 110 Å². The summed E-state index contributed by atoms with van der Waals surface area (Å²) in [4.78, 5) is 38.8. The molecular weight excluding hydrogens is 675 g/mol. The second-order valence-electron chi connectivity index (χ2n) is 12.6. The number of carbonyl (C=O) groups is 2. The molecule has 1 saturated heterocycles. The second kappa shape index (κ2) is 18.8. The van der Waals surface area contributed by atoms with Crippen molar-refractivity contribution in [2.45, 2.75) is 18.8 Å². The van der Waals surface area contributed by atoms with E-state index in [1.807, 2.05) is 15.5 Å². The first-order valence-corrected chi connectivity index (χ1v) is 17.7. The fourth-order valence-electron chi connectivity index (χ4n) is 5.81. The summed E-state index contributed by atoms with van der Waals surface area (Å²) in [5, 5.41) is 12.9. The third kappa shape index (κ3) is 10.3. The average Bonchev–Trinajstić information content (AvgIpc) is 3.69. The lowest BCUT2D eigenvalue weighted by molar-refractivity contribution is -0.122. The van der Waals surface area contributed by atoms with E-state index in [4.69, 9.17) is 29.7 Å². The Labute approximate surface area is 301 Å². The van der Waals surface area contributed by atoms with Crippen molar-refractivity contribution < 1.29 is 32.9 Å². The van der Waals surface area contributed by atoms with Gasteiger partial charge in [0.05, 0.1) is 88.9 Å². The molecule has 0 unspecified atom stereocenters. The number of rotatable bonds is 21. The molecule has 17 heteroatoms. The van der Waals surface area contributed by atoms with Crippen molar-refractivity contribution in [2.75, 3.05) is 104 Å². The summed E-state index contributed by atoms with van der Waals surface area (Å²) >= 11 is 0. The van der Waals surface area contributed by atoms with Crippen LogP contribution in [0.2, 0.25) is 0 Å². The number of carbonyl (C=O) groups excluding carboxylic acids is 2. The van der Waals surface area contributed by atoms with Gasteiger partial charge in [0.2, 0.25) is 5.91 Å². The number of aromatic nitrogens is 5. The molecule has 6 rings (SSSR count). The van der Waals surface area contributed by atoms with Crippen LogP contribution in [0.15, 0.2) is 43.0 Å². The number of ether oxygens (including phenoxy) is 4. The number of fused-ring (bicyclic) bond motifs is 1. The van der Waals surface area contributed by atoms with Crippen LogP contribution >= 0.6 is 0 Å². The van der Waals surface area contributed by atoms with Crippen molar-refractivity contribution in [3.63, 3.8) is 0 Å². The fourth-order valence-corrected chi connectivity index (χ4v) is 5.81. The highest BCUT2D eigenvalue weighted by Gasteiger charge is 2.28. The molecule has 1 aliphatic carbocycles. The van der Waals surface area contributed by atoms with E-state index in [1.165, 1.54) is 6.07 Å². The number of benzene rings is 1. The summed E-state index contributed by atoms with van der Waals surface area (Å²) in [6, 6.07) is 4.42. The number of H-pyrrole nitrogens is 1. The number of hydrogen-bond donors (Lipinski definition) is 4. The minimum atomic E-state index is -0.568. The molecule has 4 heterocycles. The number of nitrogens with two attached hydrogens (primary N) is 1. The molecule has 0 radical (unpaired) electrons. The average molecular weight is 723 g/mol. The molecule has 1 saturated carbocycles. The number of piperazine rings is 1. The highest BCUT2D eigenvalue weighted by molar-refractivity contribution is 5.95. The number of halogens is 1. The largest absolute Gasteiger partial charge is 0.378 e. The van der Waals surface area contributed by atoms with Gasteiger partial charge in [-0.2, -0.15) is 5.10 Å². The van der Waals surface area contributed by atoms with E-state index in [1.54, 1.807) is 35.6 Å². The van der Waals surface area contributed by atoms with Gasteiger partial charge < -0.3 is 40.2 Å². The van der Waals surface area contributed by atoms with Gasteiger partial charge in [-0.25, -0.2) is 14.4 Å². The van der Waals surface area contributed by atoms with Crippen molar-refractivity contribution >= 4 is 29.0 Å². The standard InChI is InChI=1S/C35H47FN10O6/c36-28-19-26(3-4-29(28)42-33-34-39-22-31(27-20-40-41-21-27)46(34)23-30(43-33)25-1-2-25)35(48)45-9-7-44(8-10-45)24-32(47)38-6-12-50-14-16-52-18-17-51-15-13-49-11-5-37/h3-4,19-23,25H,1-2,5-18,24,37H2,(H,38,47)(H,40,41)(H,42,43). The maximum absolute atomic E-state index is 15.5. The van der Waals surface area contributed by atoms with Crippen LogP contribution in [-0.2, 0) is 23.7 Å². The van der Waals surface area contributed by atoms with E-state index >= 15 is 4.39 Å². The number of nitrogens with one attached hydrogen (secondary N) is 3. The maximum atomic E-state index is 15.5. The Morgan fingerprint density at radius 1 is 0.942 bits per heavy atom. The predicted octanol–water partition coefficient (Wildman–Crippen LogP) is 1.78. The van der Waals surface area contributed by atoms with Crippen molar-refractivity contribution in [1.29, 1.82) is 0 Å². The molecule has 2 fully saturated rings. The van der Waals surface area contributed by atoms with Gasteiger partial charge in [0, 0.05) is 68.7 Å². The van der Waals surface area contributed by atoms with E-state index in [9.17, 15) is 9.59 Å². The van der Waals surface area contributed by atoms with Gasteiger partial charge in [0.25, 0.3) is 5.91 Å². The number of anilines is 2. The Bertz CT molecular complexity index is 1740. The lowest BCUT2D eigenvalue weighted by atomic mass is 10.1. The Kier molecular flexibility index (Phi) is 13.5. The molecule has 2 aliphatic rings. The van der Waals surface area contributed by atoms with Gasteiger partial charge >= 0.3 is 0 Å². The van der Waals surface area contributed by atoms with Gasteiger partial charge in [0.15, 0.2) is 11.5 Å². The van der Waals surface area contributed by atoms with Crippen LogP contribution in [0.3, 0.4) is 0 Å². The summed E-state index contributed by atoms with van der Waals surface area (Å²) in [7, 11) is 0. The zero-order valence-corrected chi connectivity index (χ0v) is 29.2. The summed E-state index contributed by atoms with van der Waals surface area (Å²) in [5.41, 5.74) is 8.99. The zero-order chi connectivity index (χ0) is 36.1. The van der Waals surface area contributed by atoms with Crippen molar-refractivity contribution in [1.82, 2.24) is 39.7 Å². The Hall–Kier alpha value is -4.52. The lowest BCUT2D eigenvalue weighted by Gasteiger charge is -2.34. The van der Waals surface area contributed by atoms with Gasteiger partial charge in [0.1, 0.15) is 5.82 Å². The summed E-state index contributed by atoms with van der Waals surface area (Å²) in [6.45, 7) is 6.76. The molecule has 16 nitrogen and oxygen atoms in total. The van der Waals surface area contributed by atoms with Crippen molar-refractivity contribution in [2.24, 2.45) is 5.73 Å². The predicted molar refractivity (Wildman–Crippen MR) is 190 cm³/mol. The Balaban J connectivity index is 0.897. The highest BCUT2D eigenvalue weighted by Crippen LogP contribution is 2.40. The van der Waals surface area contributed by atoms with Crippen LogP contribution in [0, 0.1) is 5.82 Å². The number of aromatic amines is 1. The molecule has 1 aliphatic heterocycles. The molecule has 0 spiro atoms. The first-order valence-electron chi connectivity index (χ1n) is 17.7. The molecule has 0 atom stereocenters. The van der Waals surface area contributed by atoms with Crippen molar-refractivity contribution in [3.8, 4) is 11.3 Å². The summed E-state index contributed by atoms with van der Waals surface area (Å²) in [6.07, 6.45) is 9.35. The third-order valence-electron chi connectivity index (χ3n) is 8.74. The molecule has 280 valence electrons. The maximum Gasteiger partial charge on any atom is 0.254 e. The van der Waals surface area contributed by atoms with E-state index < -0.39 is 5.82 Å². The topological polar surface area (TPSA) is 186 Å². The number of hydrogen-bond acceptors (Lipinski definition) is 12. The van der Waals surface area contributed by atoms with E-state index in [-0.39, 0.29) is 29.6 Å². The van der Waals surface area contributed by atoms with Gasteiger partial charge in [-0.3, -0.25) is 24.0 Å². The smallest absolute Gasteiger partial charge is 0.254 e. The SMILES string of the molecule is NCCOCCOCCOCCOCCNC(=O)CN1CCN(C(=O)c2ccc(Nc3nc(C4CC4)cn4c(-c5cn[nH]c5)cnc34)c(F)c2)CC1. The molecule has 5 N–H and O–H groups in total. The molecule has 2 amide bonds. The van der Waals surface area contributed by atoms with Crippen LogP contribution in [0.5, 0.6) is 0 Å². The molecule has 52 heavy (non-hydrogen) atoms. The van der Waals surface area contributed by atoms with Crippen LogP contribution in [0.25, 0.3) is 16.9 Å². The highest BCUT2D eigenvalue weighted by atomic mass is 19.1. The minimum Gasteiger partial charge on any atom is -0.378 e. The quantitative estimate of drug-likeness (QED) is 0.0916. The van der Waals surface area contributed by atoms with Crippen LogP contribution in [-0.4, -0.2) is 145 Å². The Morgan fingerprint density at radius 3 is 2.31 bits per heavy atom. The second-order valence-corrected chi connectivity index (χ2v) is 12.6. The first kappa shape index (κ1) is 37.2. The summed E-state index contributed by atoms with van der Waals surface area (Å²) < 4.78 is 39.0. The molecular formula is C35H47FN10O6. The molecule has 1 aromatic carbocycles. The third-order valence-corrected chi connectivity index (χ3v) is 8.74.